The summed E-state index contributed by atoms with van der Waals surface area (Å²) < 4.78 is 34.2. The van der Waals surface area contributed by atoms with Crippen molar-refractivity contribution in [2.75, 3.05) is 17.5 Å². The summed E-state index contributed by atoms with van der Waals surface area (Å²) in [4.78, 5) is 13.3. The summed E-state index contributed by atoms with van der Waals surface area (Å²) in [6.07, 6.45) is 4.52. The molecular weight excluding hydrogens is 496 g/mol. The second-order valence-electron chi connectivity index (χ2n) is 8.89. The fraction of sp³-hybridized carbons (Fsp3) is 0.321. The Labute approximate surface area is 218 Å². The van der Waals surface area contributed by atoms with Crippen LogP contribution in [0, 0.1) is 0 Å². The second kappa shape index (κ2) is 11.4. The van der Waals surface area contributed by atoms with Crippen molar-refractivity contribution in [2.45, 2.75) is 50.5 Å². The molecule has 0 fully saturated rings. The number of hydrogen-bond donors (Lipinski definition) is 1. The Hall–Kier alpha value is -3.03. The molecule has 8 heteroatoms. The van der Waals surface area contributed by atoms with E-state index in [4.69, 9.17) is 16.3 Å². The highest BCUT2D eigenvalue weighted by atomic mass is 35.5. The molecular formula is C28H31ClN2O4S. The number of anilines is 1. The first-order chi connectivity index (χ1) is 17.3. The van der Waals surface area contributed by atoms with E-state index >= 15 is 0 Å². The molecule has 0 unspecified atom stereocenters. The number of para-hydroxylation sites is 2. The number of hydrogen-bond acceptors (Lipinski definition) is 4. The zero-order chi connectivity index (χ0) is 25.7. The minimum Gasteiger partial charge on any atom is -0.492 e. The molecule has 190 valence electrons. The molecule has 1 N–H and O–H groups in total. The molecule has 1 atom stereocenters. The molecule has 0 saturated carbocycles. The van der Waals surface area contributed by atoms with Crippen LogP contribution in [-0.2, 0) is 27.7 Å². The number of carbonyl (C=O) groups is 1. The molecule has 0 bridgehead atoms. The molecule has 0 radical (unpaired) electrons. The van der Waals surface area contributed by atoms with E-state index in [0.29, 0.717) is 23.1 Å². The molecule has 6 nitrogen and oxygen atoms in total. The number of nitrogens with zero attached hydrogens (tertiary/aromatic N) is 1. The number of sulfonamides is 1. The van der Waals surface area contributed by atoms with E-state index in [1.807, 2.05) is 19.9 Å². The van der Waals surface area contributed by atoms with Gasteiger partial charge in [0, 0.05) is 5.02 Å². The fourth-order valence-corrected chi connectivity index (χ4v) is 6.06. The first-order valence-corrected chi connectivity index (χ1v) is 14.0. The molecule has 1 aliphatic rings. The quantitative estimate of drug-likeness (QED) is 0.388. The summed E-state index contributed by atoms with van der Waals surface area (Å²) >= 11 is 5.98. The Kier molecular flexibility index (Phi) is 8.21. The second-order valence-corrected chi connectivity index (χ2v) is 11.2. The number of amides is 1. The molecule has 1 aliphatic carbocycles. The predicted molar refractivity (Wildman–Crippen MR) is 143 cm³/mol. The van der Waals surface area contributed by atoms with E-state index in [1.54, 1.807) is 24.3 Å². The normalized spacial score (nSPS) is 14.0. The van der Waals surface area contributed by atoms with E-state index in [2.05, 4.69) is 17.4 Å². The zero-order valence-corrected chi connectivity index (χ0v) is 22.1. The Balaban J connectivity index is 1.61. The summed E-state index contributed by atoms with van der Waals surface area (Å²) in [7, 11) is -4.09. The molecule has 4 rings (SSSR count). The molecule has 3 aromatic rings. The lowest BCUT2D eigenvalue weighted by molar-refractivity contribution is -0.120. The van der Waals surface area contributed by atoms with Gasteiger partial charge in [-0.1, -0.05) is 41.9 Å². The van der Waals surface area contributed by atoms with E-state index < -0.39 is 22.5 Å². The Morgan fingerprint density at radius 3 is 2.44 bits per heavy atom. The van der Waals surface area contributed by atoms with Crippen molar-refractivity contribution in [3.63, 3.8) is 0 Å². The largest absolute Gasteiger partial charge is 0.492 e. The number of carbonyl (C=O) groups excluding carboxylic acids is 1. The van der Waals surface area contributed by atoms with Crippen molar-refractivity contribution >= 4 is 33.2 Å². The summed E-state index contributed by atoms with van der Waals surface area (Å²) in [6.45, 7) is 3.69. The third-order valence-electron chi connectivity index (χ3n) is 6.37. The number of rotatable bonds is 9. The van der Waals surface area contributed by atoms with Crippen molar-refractivity contribution in [2.24, 2.45) is 0 Å². The van der Waals surface area contributed by atoms with Gasteiger partial charge >= 0.3 is 0 Å². The van der Waals surface area contributed by atoms with Crippen LogP contribution in [0.4, 0.5) is 5.69 Å². The number of aryl methyl sites for hydroxylation is 2. The monoisotopic (exact) mass is 526 g/mol. The van der Waals surface area contributed by atoms with Crippen molar-refractivity contribution in [3.8, 4) is 5.75 Å². The Morgan fingerprint density at radius 2 is 1.72 bits per heavy atom. The summed E-state index contributed by atoms with van der Waals surface area (Å²) in [6, 6.07) is 18.8. The van der Waals surface area contributed by atoms with Crippen LogP contribution in [0.15, 0.2) is 71.6 Å². The van der Waals surface area contributed by atoms with Gasteiger partial charge in [0.15, 0.2) is 0 Å². The lowest BCUT2D eigenvalue weighted by atomic mass is 9.89. The van der Waals surface area contributed by atoms with E-state index in [1.165, 1.54) is 48.2 Å². The SMILES string of the molecule is CCOc1ccccc1N(CC(=O)N[C@H](C)c1ccc2c(c1)CCCC2)S(=O)(=O)c1ccc(Cl)cc1. The van der Waals surface area contributed by atoms with Crippen molar-refractivity contribution in [1.82, 2.24) is 5.32 Å². The molecule has 1 amide bonds. The van der Waals surface area contributed by atoms with Gasteiger partial charge in [0.2, 0.25) is 5.91 Å². The average Bonchev–Trinajstić information content (AvgIpc) is 2.88. The van der Waals surface area contributed by atoms with Crippen LogP contribution in [0.25, 0.3) is 0 Å². The van der Waals surface area contributed by atoms with Crippen molar-refractivity contribution in [1.29, 1.82) is 0 Å². The maximum Gasteiger partial charge on any atom is 0.264 e. The van der Waals surface area contributed by atoms with Crippen LogP contribution >= 0.6 is 11.6 Å². The minimum absolute atomic E-state index is 0.0359. The first-order valence-electron chi connectivity index (χ1n) is 12.2. The van der Waals surface area contributed by atoms with Gasteiger partial charge in [-0.15, -0.1) is 0 Å². The summed E-state index contributed by atoms with van der Waals surface area (Å²) in [5, 5.41) is 3.40. The van der Waals surface area contributed by atoms with Crippen LogP contribution in [0.5, 0.6) is 5.75 Å². The summed E-state index contributed by atoms with van der Waals surface area (Å²) in [5.41, 5.74) is 4.01. The molecule has 0 heterocycles. The Bertz CT molecular complexity index is 1330. The molecule has 0 aliphatic heterocycles. The number of nitrogens with one attached hydrogen (secondary N) is 1. The first kappa shape index (κ1) is 26.0. The lowest BCUT2D eigenvalue weighted by Crippen LogP contribution is -2.41. The lowest BCUT2D eigenvalue weighted by Gasteiger charge is -2.27. The maximum absolute atomic E-state index is 13.7. The molecule has 0 spiro atoms. The van der Waals surface area contributed by atoms with Gasteiger partial charge in [0.25, 0.3) is 10.0 Å². The van der Waals surface area contributed by atoms with Gasteiger partial charge in [0.05, 0.1) is 23.2 Å². The predicted octanol–water partition coefficient (Wildman–Crippen LogP) is 5.69. The molecule has 0 saturated heterocycles. The highest BCUT2D eigenvalue weighted by Crippen LogP contribution is 2.33. The third-order valence-corrected chi connectivity index (χ3v) is 8.40. The molecule has 36 heavy (non-hydrogen) atoms. The standard InChI is InChI=1S/C28H31ClN2O4S/c1-3-35-27-11-7-6-10-26(27)31(36(33,34)25-16-14-24(29)15-17-25)19-28(32)30-20(2)22-13-12-21-8-4-5-9-23(21)18-22/h6-7,10-18,20H,3-5,8-9,19H2,1-2H3,(H,30,32)/t20-/m1/s1. The summed E-state index contributed by atoms with van der Waals surface area (Å²) in [5.74, 6) is -0.0304. The van der Waals surface area contributed by atoms with Gasteiger partial charge < -0.3 is 10.1 Å². The number of benzene rings is 3. The van der Waals surface area contributed by atoms with Crippen LogP contribution < -0.4 is 14.4 Å². The van der Waals surface area contributed by atoms with Gasteiger partial charge in [-0.25, -0.2) is 8.42 Å². The van der Waals surface area contributed by atoms with Crippen LogP contribution in [0.3, 0.4) is 0 Å². The van der Waals surface area contributed by atoms with E-state index in [0.717, 1.165) is 22.7 Å². The van der Waals surface area contributed by atoms with E-state index in [-0.39, 0.29) is 10.9 Å². The number of halogens is 1. The number of fused-ring (bicyclic) bond motifs is 1. The Morgan fingerprint density at radius 1 is 1.03 bits per heavy atom. The topological polar surface area (TPSA) is 75.7 Å². The highest BCUT2D eigenvalue weighted by molar-refractivity contribution is 7.92. The van der Waals surface area contributed by atoms with Gasteiger partial charge in [-0.05, 0) is 92.6 Å². The fourth-order valence-electron chi connectivity index (χ4n) is 4.50. The number of ether oxygens (including phenoxy) is 1. The zero-order valence-electron chi connectivity index (χ0n) is 20.5. The third kappa shape index (κ3) is 5.85. The van der Waals surface area contributed by atoms with Gasteiger partial charge in [-0.3, -0.25) is 9.10 Å². The van der Waals surface area contributed by atoms with E-state index in [9.17, 15) is 13.2 Å². The molecule has 3 aromatic carbocycles. The van der Waals surface area contributed by atoms with Gasteiger partial charge in [-0.2, -0.15) is 0 Å². The average molecular weight is 527 g/mol. The van der Waals surface area contributed by atoms with Crippen LogP contribution in [-0.4, -0.2) is 27.5 Å². The smallest absolute Gasteiger partial charge is 0.264 e. The van der Waals surface area contributed by atoms with Crippen molar-refractivity contribution in [3.05, 3.63) is 88.4 Å². The van der Waals surface area contributed by atoms with Crippen molar-refractivity contribution < 1.29 is 17.9 Å². The van der Waals surface area contributed by atoms with Crippen LogP contribution in [0.2, 0.25) is 5.02 Å². The van der Waals surface area contributed by atoms with Crippen LogP contribution in [0.1, 0.15) is 49.4 Å². The minimum atomic E-state index is -4.09. The highest BCUT2D eigenvalue weighted by Gasteiger charge is 2.30. The maximum atomic E-state index is 13.7. The molecule has 0 aromatic heterocycles. The van der Waals surface area contributed by atoms with Gasteiger partial charge in [0.1, 0.15) is 12.3 Å².